The Labute approximate surface area is 142 Å². The van der Waals surface area contributed by atoms with Crippen LogP contribution in [0.4, 0.5) is 11.4 Å². The minimum atomic E-state index is -3.66. The molecule has 0 bridgehead atoms. The van der Waals surface area contributed by atoms with Crippen LogP contribution in [0.25, 0.3) is 0 Å². The molecule has 0 aromatic heterocycles. The number of halogens is 1. The highest BCUT2D eigenvalue weighted by Crippen LogP contribution is 2.30. The summed E-state index contributed by atoms with van der Waals surface area (Å²) in [4.78, 5) is 2.40. The molecule has 2 aromatic rings. The fraction of sp³-hybridized carbons (Fsp3) is 0.294. The van der Waals surface area contributed by atoms with Crippen LogP contribution >= 0.6 is 11.6 Å². The molecule has 1 aliphatic rings. The van der Waals surface area contributed by atoms with E-state index in [1.807, 2.05) is 18.2 Å². The second-order valence-electron chi connectivity index (χ2n) is 5.63. The molecule has 1 saturated heterocycles. The SMILES string of the molecule is O=S(=O)(Nc1ccccc1N1CCCCC1)c1cccc(Cl)c1. The first-order chi connectivity index (χ1) is 11.1. The van der Waals surface area contributed by atoms with Gasteiger partial charge in [-0.2, -0.15) is 0 Å². The molecule has 4 nitrogen and oxygen atoms in total. The summed E-state index contributed by atoms with van der Waals surface area (Å²) < 4.78 is 27.9. The van der Waals surface area contributed by atoms with Crippen LogP contribution in [0.3, 0.4) is 0 Å². The van der Waals surface area contributed by atoms with E-state index in [0.717, 1.165) is 31.6 Å². The quantitative estimate of drug-likeness (QED) is 0.901. The largest absolute Gasteiger partial charge is 0.370 e. The number of anilines is 2. The van der Waals surface area contributed by atoms with Gasteiger partial charge >= 0.3 is 0 Å². The molecule has 2 aromatic carbocycles. The summed E-state index contributed by atoms with van der Waals surface area (Å²) in [7, 11) is -3.66. The molecule has 0 atom stereocenters. The fourth-order valence-electron chi connectivity index (χ4n) is 2.81. The van der Waals surface area contributed by atoms with E-state index in [2.05, 4.69) is 9.62 Å². The van der Waals surface area contributed by atoms with Crippen LogP contribution in [0.2, 0.25) is 5.02 Å². The summed E-state index contributed by atoms with van der Waals surface area (Å²) >= 11 is 5.91. The van der Waals surface area contributed by atoms with Crippen LogP contribution in [-0.2, 0) is 10.0 Å². The van der Waals surface area contributed by atoms with Gasteiger partial charge in [0.05, 0.1) is 16.3 Å². The van der Waals surface area contributed by atoms with E-state index in [1.54, 1.807) is 18.2 Å². The summed E-state index contributed by atoms with van der Waals surface area (Å²) in [6.07, 6.45) is 3.50. The zero-order chi connectivity index (χ0) is 16.3. The third kappa shape index (κ3) is 3.79. The molecule has 0 unspecified atom stereocenters. The van der Waals surface area contributed by atoms with Gasteiger partial charge in [-0.25, -0.2) is 8.42 Å². The lowest BCUT2D eigenvalue weighted by atomic mass is 10.1. The van der Waals surface area contributed by atoms with Crippen LogP contribution in [0.15, 0.2) is 53.4 Å². The van der Waals surface area contributed by atoms with Crippen molar-refractivity contribution < 1.29 is 8.42 Å². The van der Waals surface area contributed by atoms with Crippen molar-refractivity contribution in [3.8, 4) is 0 Å². The highest BCUT2D eigenvalue weighted by atomic mass is 35.5. The third-order valence-electron chi connectivity index (χ3n) is 3.95. The molecule has 1 aliphatic heterocycles. The molecule has 0 radical (unpaired) electrons. The average Bonchev–Trinajstić information content (AvgIpc) is 2.56. The van der Waals surface area contributed by atoms with E-state index in [9.17, 15) is 8.42 Å². The standard InChI is InChI=1S/C17H19ClN2O2S/c18-14-7-6-8-15(13-14)23(21,22)19-16-9-2-3-10-17(16)20-11-4-1-5-12-20/h2-3,6-10,13,19H,1,4-5,11-12H2. The van der Waals surface area contributed by atoms with Gasteiger partial charge in [0.1, 0.15) is 0 Å². The van der Waals surface area contributed by atoms with Gasteiger partial charge in [-0.1, -0.05) is 29.8 Å². The first-order valence-electron chi connectivity index (χ1n) is 7.69. The molecule has 3 rings (SSSR count). The van der Waals surface area contributed by atoms with Gasteiger partial charge in [-0.3, -0.25) is 4.72 Å². The number of piperidine rings is 1. The number of hydrogen-bond donors (Lipinski definition) is 1. The molecule has 1 heterocycles. The molecule has 0 saturated carbocycles. The number of nitrogens with one attached hydrogen (secondary N) is 1. The molecule has 23 heavy (non-hydrogen) atoms. The highest BCUT2D eigenvalue weighted by molar-refractivity contribution is 7.92. The maximum Gasteiger partial charge on any atom is 0.262 e. The van der Waals surface area contributed by atoms with Gasteiger partial charge < -0.3 is 4.90 Å². The minimum Gasteiger partial charge on any atom is -0.370 e. The topological polar surface area (TPSA) is 49.4 Å². The van der Waals surface area contributed by atoms with E-state index in [0.29, 0.717) is 10.7 Å². The van der Waals surface area contributed by atoms with E-state index in [-0.39, 0.29) is 4.90 Å². The molecule has 122 valence electrons. The molecule has 6 heteroatoms. The van der Waals surface area contributed by atoms with Crippen LogP contribution in [-0.4, -0.2) is 21.5 Å². The van der Waals surface area contributed by atoms with Gasteiger partial charge in [0.15, 0.2) is 0 Å². The maximum atomic E-state index is 12.6. The Morgan fingerprint density at radius 3 is 2.43 bits per heavy atom. The van der Waals surface area contributed by atoms with Gasteiger partial charge in [0.25, 0.3) is 10.0 Å². The van der Waals surface area contributed by atoms with Gasteiger partial charge in [-0.15, -0.1) is 0 Å². The van der Waals surface area contributed by atoms with Crippen molar-refractivity contribution in [2.45, 2.75) is 24.2 Å². The van der Waals surface area contributed by atoms with Crippen molar-refractivity contribution in [3.05, 3.63) is 53.6 Å². The summed E-state index contributed by atoms with van der Waals surface area (Å²) in [5.41, 5.74) is 1.53. The number of benzene rings is 2. The lowest BCUT2D eigenvalue weighted by Gasteiger charge is -2.30. The van der Waals surface area contributed by atoms with Crippen molar-refractivity contribution >= 4 is 33.0 Å². The van der Waals surface area contributed by atoms with Crippen molar-refractivity contribution in [1.82, 2.24) is 0 Å². The molecule has 0 aliphatic carbocycles. The Morgan fingerprint density at radius 1 is 0.957 bits per heavy atom. The second-order valence-corrected chi connectivity index (χ2v) is 7.75. The number of sulfonamides is 1. The Morgan fingerprint density at radius 2 is 1.70 bits per heavy atom. The van der Waals surface area contributed by atoms with E-state index < -0.39 is 10.0 Å². The molecular weight excluding hydrogens is 332 g/mol. The predicted molar refractivity (Wildman–Crippen MR) is 94.8 cm³/mol. The first-order valence-corrected chi connectivity index (χ1v) is 9.55. The van der Waals surface area contributed by atoms with Gasteiger partial charge in [0.2, 0.25) is 0 Å². The van der Waals surface area contributed by atoms with Crippen LogP contribution in [0.1, 0.15) is 19.3 Å². The van der Waals surface area contributed by atoms with Crippen molar-refractivity contribution in [2.75, 3.05) is 22.7 Å². The maximum absolute atomic E-state index is 12.6. The normalized spacial score (nSPS) is 15.4. The van der Waals surface area contributed by atoms with Crippen LogP contribution in [0.5, 0.6) is 0 Å². The smallest absolute Gasteiger partial charge is 0.262 e. The summed E-state index contributed by atoms with van der Waals surface area (Å²) in [5.74, 6) is 0. The highest BCUT2D eigenvalue weighted by Gasteiger charge is 2.19. The predicted octanol–water partition coefficient (Wildman–Crippen LogP) is 4.13. The summed E-state index contributed by atoms with van der Waals surface area (Å²) in [6, 6.07) is 13.8. The van der Waals surface area contributed by atoms with Crippen LogP contribution in [0, 0.1) is 0 Å². The third-order valence-corrected chi connectivity index (χ3v) is 5.55. The van der Waals surface area contributed by atoms with E-state index in [1.165, 1.54) is 18.6 Å². The Kier molecular flexibility index (Phi) is 4.78. The molecule has 1 N–H and O–H groups in total. The lowest BCUT2D eigenvalue weighted by molar-refractivity contribution is 0.578. The number of nitrogens with zero attached hydrogens (tertiary/aromatic N) is 1. The fourth-order valence-corrected chi connectivity index (χ4v) is 4.18. The summed E-state index contributed by atoms with van der Waals surface area (Å²) in [5, 5.41) is 0.400. The monoisotopic (exact) mass is 350 g/mol. The molecule has 0 amide bonds. The van der Waals surface area contributed by atoms with Crippen LogP contribution < -0.4 is 9.62 Å². The van der Waals surface area contributed by atoms with Gasteiger partial charge in [0, 0.05) is 18.1 Å². The Balaban J connectivity index is 1.90. The molecule has 0 spiro atoms. The minimum absolute atomic E-state index is 0.165. The van der Waals surface area contributed by atoms with Gasteiger partial charge in [-0.05, 0) is 49.6 Å². The summed E-state index contributed by atoms with van der Waals surface area (Å²) in [6.45, 7) is 1.91. The molecule has 1 fully saturated rings. The van der Waals surface area contributed by atoms with E-state index in [4.69, 9.17) is 11.6 Å². The Hall–Kier alpha value is -1.72. The Bertz CT molecular complexity index is 787. The number of rotatable bonds is 4. The average molecular weight is 351 g/mol. The second kappa shape index (κ2) is 6.81. The van der Waals surface area contributed by atoms with Crippen molar-refractivity contribution in [2.24, 2.45) is 0 Å². The van der Waals surface area contributed by atoms with Crippen molar-refractivity contribution in [3.63, 3.8) is 0 Å². The van der Waals surface area contributed by atoms with E-state index >= 15 is 0 Å². The zero-order valence-corrected chi connectivity index (χ0v) is 14.3. The van der Waals surface area contributed by atoms with Crippen molar-refractivity contribution in [1.29, 1.82) is 0 Å². The lowest BCUT2D eigenvalue weighted by Crippen LogP contribution is -2.30. The number of para-hydroxylation sites is 2. The zero-order valence-electron chi connectivity index (χ0n) is 12.7. The number of hydrogen-bond acceptors (Lipinski definition) is 3. The molecular formula is C17H19ClN2O2S. The first kappa shape index (κ1) is 16.1.